The molecule has 0 aromatic carbocycles. The maximum absolute atomic E-state index is 9.63. The first-order valence-electron chi connectivity index (χ1n) is 6.09. The molecule has 0 bridgehead atoms. The predicted octanol–water partition coefficient (Wildman–Crippen LogP) is 1.30. The van der Waals surface area contributed by atoms with Gasteiger partial charge in [-0.05, 0) is 31.1 Å². The van der Waals surface area contributed by atoms with E-state index in [4.69, 9.17) is 4.74 Å². The van der Waals surface area contributed by atoms with E-state index in [1.165, 1.54) is 25.7 Å². The third-order valence-corrected chi connectivity index (χ3v) is 3.84. The molecule has 2 rings (SSSR count). The molecule has 2 atom stereocenters. The van der Waals surface area contributed by atoms with Gasteiger partial charge in [0, 0.05) is 6.04 Å². The van der Waals surface area contributed by atoms with E-state index in [2.05, 4.69) is 19.2 Å². The summed E-state index contributed by atoms with van der Waals surface area (Å²) in [6, 6.07) is 0.746. The highest BCUT2D eigenvalue weighted by Gasteiger charge is 2.31. The highest BCUT2D eigenvalue weighted by Crippen LogP contribution is 2.35. The molecule has 0 aromatic rings. The summed E-state index contributed by atoms with van der Waals surface area (Å²) < 4.78 is 5.24. The number of nitrogens with one attached hydrogen (secondary N) is 1. The summed E-state index contributed by atoms with van der Waals surface area (Å²) in [4.78, 5) is 0. The zero-order valence-electron chi connectivity index (χ0n) is 9.83. The smallest absolute Gasteiger partial charge is 0.0948 e. The Hall–Kier alpha value is -0.120. The zero-order valence-corrected chi connectivity index (χ0v) is 9.83. The second-order valence-corrected chi connectivity index (χ2v) is 5.82. The van der Waals surface area contributed by atoms with Crippen LogP contribution in [0, 0.1) is 5.41 Å². The van der Waals surface area contributed by atoms with E-state index in [-0.39, 0.29) is 12.1 Å². The maximum Gasteiger partial charge on any atom is 0.0948 e. The Morgan fingerprint density at radius 3 is 2.40 bits per heavy atom. The summed E-state index contributed by atoms with van der Waals surface area (Å²) in [5, 5.41) is 13.2. The van der Waals surface area contributed by atoms with Crippen molar-refractivity contribution in [2.24, 2.45) is 5.41 Å². The normalized spacial score (nSPS) is 37.0. The lowest BCUT2D eigenvalue weighted by atomic mass is 9.75. The van der Waals surface area contributed by atoms with Crippen LogP contribution in [0.1, 0.15) is 39.5 Å². The molecule has 1 aliphatic heterocycles. The molecule has 0 aromatic heterocycles. The lowest BCUT2D eigenvalue weighted by molar-refractivity contribution is 0.117. The standard InChI is InChI=1S/C12H23NO2/c1-12(2)5-3-9(4-6-12)13-10-7-15-8-11(10)14/h9-11,13-14H,3-8H2,1-2H3. The Morgan fingerprint density at radius 1 is 1.20 bits per heavy atom. The van der Waals surface area contributed by atoms with Crippen LogP contribution in [-0.4, -0.2) is 36.5 Å². The summed E-state index contributed by atoms with van der Waals surface area (Å²) >= 11 is 0. The topological polar surface area (TPSA) is 41.5 Å². The molecule has 2 N–H and O–H groups in total. The van der Waals surface area contributed by atoms with E-state index in [1.807, 2.05) is 0 Å². The first-order chi connectivity index (χ1) is 7.07. The molecule has 88 valence electrons. The van der Waals surface area contributed by atoms with Gasteiger partial charge >= 0.3 is 0 Å². The Kier molecular flexibility index (Phi) is 3.33. The second-order valence-electron chi connectivity index (χ2n) is 5.82. The van der Waals surface area contributed by atoms with Crippen LogP contribution in [-0.2, 0) is 4.74 Å². The monoisotopic (exact) mass is 213 g/mol. The third-order valence-electron chi connectivity index (χ3n) is 3.84. The van der Waals surface area contributed by atoms with Gasteiger partial charge in [-0.2, -0.15) is 0 Å². The summed E-state index contributed by atoms with van der Waals surface area (Å²) in [6.45, 7) is 5.85. The van der Waals surface area contributed by atoms with Crippen molar-refractivity contribution >= 4 is 0 Å². The Balaban J connectivity index is 1.77. The van der Waals surface area contributed by atoms with Crippen LogP contribution < -0.4 is 5.32 Å². The average molecular weight is 213 g/mol. The highest BCUT2D eigenvalue weighted by molar-refractivity contribution is 4.88. The molecule has 1 saturated carbocycles. The number of ether oxygens (including phenoxy) is 1. The first-order valence-corrected chi connectivity index (χ1v) is 6.09. The first kappa shape index (κ1) is 11.4. The van der Waals surface area contributed by atoms with Crippen LogP contribution in [0.4, 0.5) is 0 Å². The fraction of sp³-hybridized carbons (Fsp3) is 1.00. The van der Waals surface area contributed by atoms with E-state index >= 15 is 0 Å². The van der Waals surface area contributed by atoms with Gasteiger partial charge in [0.1, 0.15) is 0 Å². The number of aliphatic hydroxyl groups is 1. The van der Waals surface area contributed by atoms with Gasteiger partial charge in [-0.3, -0.25) is 0 Å². The van der Waals surface area contributed by atoms with Gasteiger partial charge in [0.15, 0.2) is 0 Å². The molecular weight excluding hydrogens is 190 g/mol. The van der Waals surface area contributed by atoms with E-state index in [1.54, 1.807) is 0 Å². The highest BCUT2D eigenvalue weighted by atomic mass is 16.5. The van der Waals surface area contributed by atoms with E-state index < -0.39 is 0 Å². The quantitative estimate of drug-likeness (QED) is 0.726. The molecule has 0 amide bonds. The molecule has 3 heteroatoms. The van der Waals surface area contributed by atoms with E-state index in [9.17, 15) is 5.11 Å². The minimum Gasteiger partial charge on any atom is -0.389 e. The summed E-state index contributed by atoms with van der Waals surface area (Å²) in [5.41, 5.74) is 0.517. The summed E-state index contributed by atoms with van der Waals surface area (Å²) in [5.74, 6) is 0. The van der Waals surface area contributed by atoms with Crippen molar-refractivity contribution in [3.63, 3.8) is 0 Å². The van der Waals surface area contributed by atoms with Crippen molar-refractivity contribution in [2.45, 2.75) is 57.7 Å². The Bertz CT molecular complexity index is 208. The lowest BCUT2D eigenvalue weighted by Crippen LogP contribution is -2.46. The molecule has 15 heavy (non-hydrogen) atoms. The number of aliphatic hydroxyl groups excluding tert-OH is 1. The fourth-order valence-electron chi connectivity index (χ4n) is 2.57. The molecule has 0 radical (unpaired) electrons. The summed E-state index contributed by atoms with van der Waals surface area (Å²) in [6.07, 6.45) is 4.73. The SMILES string of the molecule is CC1(C)CCC(NC2COCC2O)CC1. The molecule has 0 spiro atoms. The largest absolute Gasteiger partial charge is 0.389 e. The molecule has 1 saturated heterocycles. The second kappa shape index (κ2) is 4.40. The van der Waals surface area contributed by atoms with Gasteiger partial charge in [-0.15, -0.1) is 0 Å². The van der Waals surface area contributed by atoms with Crippen molar-refractivity contribution in [1.82, 2.24) is 5.32 Å². The average Bonchev–Trinajstić information content (AvgIpc) is 2.56. The minimum atomic E-state index is -0.306. The molecule has 2 aliphatic rings. The van der Waals surface area contributed by atoms with Gasteiger partial charge < -0.3 is 15.2 Å². The van der Waals surface area contributed by atoms with Crippen molar-refractivity contribution in [3.8, 4) is 0 Å². The maximum atomic E-state index is 9.63. The molecule has 2 fully saturated rings. The van der Waals surface area contributed by atoms with Crippen LogP contribution >= 0.6 is 0 Å². The Labute approximate surface area is 92.2 Å². The third kappa shape index (κ3) is 2.92. The van der Waals surface area contributed by atoms with Gasteiger partial charge in [-0.1, -0.05) is 13.8 Å². The van der Waals surface area contributed by atoms with Gasteiger partial charge in [0.05, 0.1) is 25.4 Å². The van der Waals surface area contributed by atoms with Gasteiger partial charge in [-0.25, -0.2) is 0 Å². The number of hydrogen-bond donors (Lipinski definition) is 2. The van der Waals surface area contributed by atoms with Crippen LogP contribution in [0.25, 0.3) is 0 Å². The Morgan fingerprint density at radius 2 is 1.87 bits per heavy atom. The van der Waals surface area contributed by atoms with Gasteiger partial charge in [0.25, 0.3) is 0 Å². The summed E-state index contributed by atoms with van der Waals surface area (Å²) in [7, 11) is 0. The van der Waals surface area contributed by atoms with Crippen molar-refractivity contribution < 1.29 is 9.84 Å². The lowest BCUT2D eigenvalue weighted by Gasteiger charge is -2.36. The number of rotatable bonds is 2. The van der Waals surface area contributed by atoms with Crippen molar-refractivity contribution in [1.29, 1.82) is 0 Å². The fourth-order valence-corrected chi connectivity index (χ4v) is 2.57. The number of hydrogen-bond acceptors (Lipinski definition) is 3. The predicted molar refractivity (Wildman–Crippen MR) is 59.8 cm³/mol. The van der Waals surface area contributed by atoms with Gasteiger partial charge in [0.2, 0.25) is 0 Å². The van der Waals surface area contributed by atoms with E-state index in [0.29, 0.717) is 24.7 Å². The van der Waals surface area contributed by atoms with Crippen molar-refractivity contribution in [3.05, 3.63) is 0 Å². The van der Waals surface area contributed by atoms with E-state index in [0.717, 1.165) is 0 Å². The molecular formula is C12H23NO2. The molecule has 1 heterocycles. The zero-order chi connectivity index (χ0) is 10.9. The molecule has 2 unspecified atom stereocenters. The molecule has 3 nitrogen and oxygen atoms in total. The van der Waals surface area contributed by atoms with Crippen LogP contribution in [0.5, 0.6) is 0 Å². The molecule has 1 aliphatic carbocycles. The minimum absolute atomic E-state index is 0.163. The van der Waals surface area contributed by atoms with Crippen LogP contribution in [0.3, 0.4) is 0 Å². The van der Waals surface area contributed by atoms with Crippen molar-refractivity contribution in [2.75, 3.05) is 13.2 Å². The van der Waals surface area contributed by atoms with Crippen LogP contribution in [0.15, 0.2) is 0 Å². The van der Waals surface area contributed by atoms with Crippen LogP contribution in [0.2, 0.25) is 0 Å².